The Morgan fingerprint density at radius 3 is 2.67 bits per heavy atom. The summed E-state index contributed by atoms with van der Waals surface area (Å²) in [6, 6.07) is 3.06. The molecule has 1 aliphatic heterocycles. The van der Waals surface area contributed by atoms with Gasteiger partial charge in [0.05, 0.1) is 11.3 Å². The minimum atomic E-state index is -0.631. The van der Waals surface area contributed by atoms with Crippen molar-refractivity contribution in [1.82, 2.24) is 4.90 Å². The van der Waals surface area contributed by atoms with Crippen molar-refractivity contribution in [3.05, 3.63) is 23.5 Å². The Hall–Kier alpha value is -1.82. The Morgan fingerprint density at radius 2 is 2.10 bits per heavy atom. The van der Waals surface area contributed by atoms with Gasteiger partial charge in [0.1, 0.15) is 5.82 Å². The number of benzene rings is 1. The van der Waals surface area contributed by atoms with Crippen LogP contribution in [-0.2, 0) is 0 Å². The van der Waals surface area contributed by atoms with E-state index in [2.05, 4.69) is 18.7 Å². The largest absolute Gasteiger partial charge is 0.398 e. The highest BCUT2D eigenvalue weighted by atomic mass is 19.1. The molecule has 116 valence electrons. The first kappa shape index (κ1) is 15.6. The summed E-state index contributed by atoms with van der Waals surface area (Å²) in [5.74, 6) is -1.04. The fraction of sp³-hybridized carbons (Fsp3) is 0.533. The van der Waals surface area contributed by atoms with Gasteiger partial charge in [0.2, 0.25) is 0 Å². The van der Waals surface area contributed by atoms with Gasteiger partial charge in [0, 0.05) is 24.8 Å². The average molecular weight is 294 g/mol. The number of anilines is 2. The molecular formula is C15H23FN4O. The van der Waals surface area contributed by atoms with Crippen molar-refractivity contribution >= 4 is 17.3 Å². The third kappa shape index (κ3) is 3.10. The van der Waals surface area contributed by atoms with E-state index in [0.717, 1.165) is 32.6 Å². The number of likely N-dealkylation sites (N-methyl/N-ethyl adjacent to an activating group) is 1. The van der Waals surface area contributed by atoms with Gasteiger partial charge in [-0.3, -0.25) is 9.69 Å². The first-order valence-corrected chi connectivity index (χ1v) is 7.35. The van der Waals surface area contributed by atoms with Crippen molar-refractivity contribution in [3.8, 4) is 0 Å². The predicted molar refractivity (Wildman–Crippen MR) is 82.9 cm³/mol. The molecule has 1 unspecified atom stereocenters. The Morgan fingerprint density at radius 1 is 1.43 bits per heavy atom. The van der Waals surface area contributed by atoms with Gasteiger partial charge in [-0.05, 0) is 31.6 Å². The summed E-state index contributed by atoms with van der Waals surface area (Å²) in [5, 5.41) is 0. The second-order valence-electron chi connectivity index (χ2n) is 5.36. The van der Waals surface area contributed by atoms with Crippen LogP contribution >= 0.6 is 0 Å². The van der Waals surface area contributed by atoms with E-state index in [9.17, 15) is 9.18 Å². The number of carbonyl (C=O) groups is 1. The molecule has 0 radical (unpaired) electrons. The van der Waals surface area contributed by atoms with E-state index in [1.807, 2.05) is 4.90 Å². The molecule has 1 aromatic rings. The molecule has 0 bridgehead atoms. The van der Waals surface area contributed by atoms with Gasteiger partial charge in [0.15, 0.2) is 0 Å². The maximum Gasteiger partial charge on any atom is 0.250 e. The standard InChI is InChI=1S/C15H23FN4O/c1-3-19(4-2)10-5-6-20(9-10)14-7-11(15(18)21)13(17)8-12(14)16/h7-8,10H,3-6,9,17H2,1-2H3,(H2,18,21). The molecule has 6 heteroatoms. The zero-order valence-corrected chi connectivity index (χ0v) is 12.6. The van der Waals surface area contributed by atoms with Gasteiger partial charge in [-0.15, -0.1) is 0 Å². The fourth-order valence-electron chi connectivity index (χ4n) is 3.03. The van der Waals surface area contributed by atoms with Gasteiger partial charge in [-0.1, -0.05) is 13.8 Å². The second kappa shape index (κ2) is 6.30. The van der Waals surface area contributed by atoms with Crippen LogP contribution in [0, 0.1) is 5.82 Å². The Kier molecular flexibility index (Phi) is 4.67. The smallest absolute Gasteiger partial charge is 0.250 e. The lowest BCUT2D eigenvalue weighted by molar-refractivity contribution is 0.100. The summed E-state index contributed by atoms with van der Waals surface area (Å²) < 4.78 is 14.2. The van der Waals surface area contributed by atoms with E-state index < -0.39 is 11.7 Å². The zero-order chi connectivity index (χ0) is 15.6. The maximum absolute atomic E-state index is 14.2. The number of nitrogens with two attached hydrogens (primary N) is 2. The van der Waals surface area contributed by atoms with Crippen LogP contribution in [0.2, 0.25) is 0 Å². The molecule has 1 aromatic carbocycles. The van der Waals surface area contributed by atoms with Crippen LogP contribution < -0.4 is 16.4 Å². The van der Waals surface area contributed by atoms with E-state index in [1.165, 1.54) is 12.1 Å². The second-order valence-corrected chi connectivity index (χ2v) is 5.36. The van der Waals surface area contributed by atoms with Crippen molar-refractivity contribution < 1.29 is 9.18 Å². The lowest BCUT2D eigenvalue weighted by Crippen LogP contribution is -2.37. The molecule has 1 aliphatic rings. The number of nitrogens with zero attached hydrogens (tertiary/aromatic N) is 2. The molecule has 5 nitrogen and oxygen atoms in total. The monoisotopic (exact) mass is 294 g/mol. The third-order valence-electron chi connectivity index (χ3n) is 4.22. The molecule has 1 heterocycles. The van der Waals surface area contributed by atoms with Crippen LogP contribution in [-0.4, -0.2) is 43.0 Å². The van der Waals surface area contributed by atoms with Gasteiger partial charge in [-0.25, -0.2) is 4.39 Å². The van der Waals surface area contributed by atoms with Gasteiger partial charge < -0.3 is 16.4 Å². The molecule has 1 amide bonds. The molecule has 1 saturated heterocycles. The normalized spacial score (nSPS) is 18.5. The number of nitrogen functional groups attached to an aromatic ring is 1. The Balaban J connectivity index is 2.23. The van der Waals surface area contributed by atoms with Crippen molar-refractivity contribution in [3.63, 3.8) is 0 Å². The Labute approximate surface area is 124 Å². The Bertz CT molecular complexity index is 531. The number of hydrogen-bond donors (Lipinski definition) is 2. The van der Waals surface area contributed by atoms with E-state index in [0.29, 0.717) is 11.7 Å². The van der Waals surface area contributed by atoms with E-state index in [-0.39, 0.29) is 11.3 Å². The first-order valence-electron chi connectivity index (χ1n) is 7.35. The minimum Gasteiger partial charge on any atom is -0.398 e. The average Bonchev–Trinajstić information content (AvgIpc) is 2.89. The van der Waals surface area contributed by atoms with Gasteiger partial charge in [0.25, 0.3) is 5.91 Å². The van der Waals surface area contributed by atoms with Crippen LogP contribution in [0.25, 0.3) is 0 Å². The number of hydrogen-bond acceptors (Lipinski definition) is 4. The number of carbonyl (C=O) groups excluding carboxylic acids is 1. The first-order chi connectivity index (χ1) is 9.97. The molecule has 21 heavy (non-hydrogen) atoms. The summed E-state index contributed by atoms with van der Waals surface area (Å²) >= 11 is 0. The SMILES string of the molecule is CCN(CC)C1CCN(c2cc(C(N)=O)c(N)cc2F)C1. The number of amides is 1. The lowest BCUT2D eigenvalue weighted by atomic mass is 10.1. The molecule has 0 saturated carbocycles. The van der Waals surface area contributed by atoms with E-state index in [4.69, 9.17) is 11.5 Å². The number of rotatable bonds is 5. The van der Waals surface area contributed by atoms with Crippen molar-refractivity contribution in [1.29, 1.82) is 0 Å². The third-order valence-corrected chi connectivity index (χ3v) is 4.22. The molecule has 0 spiro atoms. The summed E-state index contributed by atoms with van der Waals surface area (Å²) in [5.41, 5.74) is 11.6. The molecule has 2 rings (SSSR count). The molecular weight excluding hydrogens is 271 g/mol. The minimum absolute atomic E-state index is 0.0863. The maximum atomic E-state index is 14.2. The van der Waals surface area contributed by atoms with Gasteiger partial charge in [-0.2, -0.15) is 0 Å². The molecule has 1 fully saturated rings. The van der Waals surface area contributed by atoms with E-state index in [1.54, 1.807) is 0 Å². The summed E-state index contributed by atoms with van der Waals surface area (Å²) in [6.45, 7) is 7.72. The van der Waals surface area contributed by atoms with Crippen molar-refractivity contribution in [2.24, 2.45) is 5.73 Å². The molecule has 0 aliphatic carbocycles. The molecule has 4 N–H and O–H groups in total. The highest BCUT2D eigenvalue weighted by Crippen LogP contribution is 2.29. The summed E-state index contributed by atoms with van der Waals surface area (Å²) in [7, 11) is 0. The summed E-state index contributed by atoms with van der Waals surface area (Å²) in [4.78, 5) is 15.7. The quantitative estimate of drug-likeness (QED) is 0.806. The zero-order valence-electron chi connectivity index (χ0n) is 12.6. The van der Waals surface area contributed by atoms with Crippen LogP contribution in [0.4, 0.5) is 15.8 Å². The number of halogens is 1. The van der Waals surface area contributed by atoms with Crippen LogP contribution in [0.5, 0.6) is 0 Å². The topological polar surface area (TPSA) is 75.6 Å². The highest BCUT2D eigenvalue weighted by molar-refractivity contribution is 5.99. The van der Waals surface area contributed by atoms with Crippen LogP contribution in [0.15, 0.2) is 12.1 Å². The van der Waals surface area contributed by atoms with Crippen molar-refractivity contribution in [2.45, 2.75) is 26.3 Å². The highest BCUT2D eigenvalue weighted by Gasteiger charge is 2.28. The molecule has 1 atom stereocenters. The predicted octanol–water partition coefficient (Wildman–Crippen LogP) is 1.43. The van der Waals surface area contributed by atoms with Gasteiger partial charge >= 0.3 is 0 Å². The fourth-order valence-corrected chi connectivity index (χ4v) is 3.03. The lowest BCUT2D eigenvalue weighted by Gasteiger charge is -2.27. The van der Waals surface area contributed by atoms with Crippen molar-refractivity contribution in [2.75, 3.05) is 36.8 Å². The molecule has 0 aromatic heterocycles. The number of primary amides is 1. The van der Waals surface area contributed by atoms with E-state index >= 15 is 0 Å². The van der Waals surface area contributed by atoms with Crippen LogP contribution in [0.3, 0.4) is 0 Å². The summed E-state index contributed by atoms with van der Waals surface area (Å²) in [6.07, 6.45) is 0.984. The van der Waals surface area contributed by atoms with Crippen LogP contribution in [0.1, 0.15) is 30.6 Å².